The number of nitrogens with one attached hydrogen (secondary N) is 1. The number of aliphatic hydroxyl groups excluding tert-OH is 2. The molecule has 0 saturated carbocycles. The van der Waals surface area contributed by atoms with Gasteiger partial charge in [-0.1, -0.05) is 0 Å². The third-order valence-corrected chi connectivity index (χ3v) is 2.72. The highest BCUT2D eigenvalue weighted by Gasteiger charge is 2.51. The van der Waals surface area contributed by atoms with Crippen LogP contribution in [0.3, 0.4) is 0 Å². The number of aliphatic hydroxyl groups is 2. The number of amides is 1. The van der Waals surface area contributed by atoms with Crippen molar-refractivity contribution in [3.05, 3.63) is 23.8 Å². The highest BCUT2D eigenvalue weighted by Crippen LogP contribution is 2.36. The molecule has 0 radical (unpaired) electrons. The van der Waals surface area contributed by atoms with E-state index in [4.69, 9.17) is 14.6 Å². The van der Waals surface area contributed by atoms with E-state index >= 15 is 0 Å². The fourth-order valence-corrected chi connectivity index (χ4v) is 1.97. The largest absolute Gasteiger partial charge is 0.506 e. The molecular weight excluding hydrogens is 216 g/mol. The second kappa shape index (κ2) is 3.13. The molecule has 7 heteroatoms. The maximum Gasteiger partial charge on any atom is 0.248 e. The molecule has 3 aliphatic heterocycles. The van der Waals surface area contributed by atoms with Gasteiger partial charge in [0.1, 0.15) is 6.61 Å². The van der Waals surface area contributed by atoms with Gasteiger partial charge in [0.05, 0.1) is 0 Å². The number of fused-ring (bicyclic) bond motifs is 3. The maximum atomic E-state index is 11.1. The number of hydrogen-bond donors (Lipinski definition) is 3. The smallest absolute Gasteiger partial charge is 0.248 e. The van der Waals surface area contributed by atoms with E-state index in [0.717, 1.165) is 0 Å². The maximum absolute atomic E-state index is 11.1. The Morgan fingerprint density at radius 1 is 1.56 bits per heavy atom. The normalized spacial score (nSPS) is 35.9. The third kappa shape index (κ3) is 1.12. The lowest BCUT2D eigenvalue weighted by Crippen LogP contribution is -2.48. The molecule has 3 aliphatic rings. The lowest BCUT2D eigenvalue weighted by atomic mass is 10.2. The Morgan fingerprint density at radius 2 is 2.38 bits per heavy atom. The van der Waals surface area contributed by atoms with Crippen LogP contribution < -0.4 is 5.32 Å². The molecular formula is C9H10N2O5. The predicted molar refractivity (Wildman–Crippen MR) is 49.4 cm³/mol. The first kappa shape index (κ1) is 9.49. The quantitative estimate of drug-likeness (QED) is 0.516. The molecule has 3 heterocycles. The van der Waals surface area contributed by atoms with Crippen molar-refractivity contribution in [3.8, 4) is 0 Å². The zero-order valence-corrected chi connectivity index (χ0v) is 8.16. The fourth-order valence-electron chi connectivity index (χ4n) is 1.97. The summed E-state index contributed by atoms with van der Waals surface area (Å²) >= 11 is 0. The van der Waals surface area contributed by atoms with Gasteiger partial charge in [-0.2, -0.15) is 0 Å². The molecule has 0 aromatic heterocycles. The van der Waals surface area contributed by atoms with E-state index in [-0.39, 0.29) is 24.0 Å². The van der Waals surface area contributed by atoms with Gasteiger partial charge in [-0.3, -0.25) is 9.69 Å². The van der Waals surface area contributed by atoms with Crippen LogP contribution in [0.5, 0.6) is 0 Å². The zero-order chi connectivity index (χ0) is 11.3. The van der Waals surface area contributed by atoms with Gasteiger partial charge < -0.3 is 25.0 Å². The van der Waals surface area contributed by atoms with Crippen LogP contribution in [0.2, 0.25) is 0 Å². The molecule has 3 N–H and O–H groups in total. The molecule has 1 amide bonds. The lowest BCUT2D eigenvalue weighted by molar-refractivity contribution is -0.125. The fraction of sp³-hybridized carbons (Fsp3) is 0.444. The summed E-state index contributed by atoms with van der Waals surface area (Å²) in [5.74, 6) is -0.268. The van der Waals surface area contributed by atoms with Gasteiger partial charge in [-0.05, 0) is 0 Å². The van der Waals surface area contributed by atoms with Crippen molar-refractivity contribution in [2.24, 2.45) is 0 Å². The second-order valence-electron chi connectivity index (χ2n) is 3.66. The minimum absolute atomic E-state index is 0.110. The van der Waals surface area contributed by atoms with Crippen LogP contribution >= 0.6 is 0 Å². The second-order valence-corrected chi connectivity index (χ2v) is 3.66. The molecule has 1 saturated heterocycles. The van der Waals surface area contributed by atoms with E-state index in [1.165, 1.54) is 6.08 Å². The average Bonchev–Trinajstić information content (AvgIpc) is 2.75. The molecule has 16 heavy (non-hydrogen) atoms. The summed E-state index contributed by atoms with van der Waals surface area (Å²) in [6.07, 6.45) is 1.05. The summed E-state index contributed by atoms with van der Waals surface area (Å²) in [6.45, 7) is -0.378. The molecule has 7 nitrogen and oxygen atoms in total. The highest BCUT2D eigenvalue weighted by molar-refractivity contribution is 5.88. The van der Waals surface area contributed by atoms with Crippen LogP contribution in [-0.2, 0) is 14.3 Å². The molecule has 0 bridgehead atoms. The van der Waals surface area contributed by atoms with Crippen molar-refractivity contribution in [1.82, 2.24) is 10.2 Å². The zero-order valence-electron chi connectivity index (χ0n) is 8.16. The van der Waals surface area contributed by atoms with Crippen LogP contribution in [0.4, 0.5) is 0 Å². The Labute approximate surface area is 90.5 Å². The summed E-state index contributed by atoms with van der Waals surface area (Å²) in [5.41, 5.74) is 0. The van der Waals surface area contributed by atoms with Gasteiger partial charge in [-0.15, -0.1) is 0 Å². The van der Waals surface area contributed by atoms with E-state index in [2.05, 4.69) is 5.32 Å². The van der Waals surface area contributed by atoms with Crippen LogP contribution in [0, 0.1) is 0 Å². The summed E-state index contributed by atoms with van der Waals surface area (Å²) in [5, 5.41) is 21.2. The summed E-state index contributed by atoms with van der Waals surface area (Å²) in [4.78, 5) is 12.7. The first-order valence-electron chi connectivity index (χ1n) is 4.82. The summed E-state index contributed by atoms with van der Waals surface area (Å²) in [7, 11) is 0. The van der Waals surface area contributed by atoms with E-state index in [9.17, 15) is 9.90 Å². The number of carbonyl (C=O) groups excluding carboxylic acids is 1. The topological polar surface area (TPSA) is 91.3 Å². The molecule has 1 fully saturated rings. The number of ether oxygens (including phenoxy) is 2. The first-order valence-corrected chi connectivity index (χ1v) is 4.82. The Balaban J connectivity index is 1.87. The van der Waals surface area contributed by atoms with Crippen LogP contribution in [0.15, 0.2) is 23.8 Å². The van der Waals surface area contributed by atoms with Crippen molar-refractivity contribution >= 4 is 5.91 Å². The van der Waals surface area contributed by atoms with Gasteiger partial charge in [0, 0.05) is 12.3 Å². The Bertz CT molecular complexity index is 405. The summed E-state index contributed by atoms with van der Waals surface area (Å²) in [6, 6.07) is 0. The van der Waals surface area contributed by atoms with Crippen molar-refractivity contribution in [2.75, 3.05) is 6.61 Å². The standard InChI is InChI=1S/C9H10N2O5/c12-3-4-6(14)7-8(15-4)11-2-1-5(13)10-9(11)16-7/h1-2,7-9,12,14H,3H2,(H,10,13)/t7?,8-,9?/m1/s1. The van der Waals surface area contributed by atoms with E-state index in [1.54, 1.807) is 11.1 Å². The van der Waals surface area contributed by atoms with Crippen LogP contribution in [0.1, 0.15) is 0 Å². The number of hydrogen-bond acceptors (Lipinski definition) is 6. The third-order valence-electron chi connectivity index (χ3n) is 2.72. The van der Waals surface area contributed by atoms with E-state index < -0.39 is 18.7 Å². The average molecular weight is 226 g/mol. The Kier molecular flexibility index (Phi) is 1.86. The van der Waals surface area contributed by atoms with Gasteiger partial charge in [0.2, 0.25) is 18.5 Å². The van der Waals surface area contributed by atoms with Crippen LogP contribution in [-0.4, -0.2) is 46.3 Å². The molecule has 0 spiro atoms. The monoisotopic (exact) mass is 226 g/mol. The molecule has 86 valence electrons. The molecule has 2 unspecified atom stereocenters. The Morgan fingerprint density at radius 3 is 3.12 bits per heavy atom. The summed E-state index contributed by atoms with van der Waals surface area (Å²) < 4.78 is 10.7. The van der Waals surface area contributed by atoms with Gasteiger partial charge in [0.15, 0.2) is 17.6 Å². The number of carbonyl (C=O) groups is 1. The van der Waals surface area contributed by atoms with Gasteiger partial charge in [-0.25, -0.2) is 0 Å². The highest BCUT2D eigenvalue weighted by atomic mass is 16.6. The Hall–Kier alpha value is -1.73. The number of nitrogens with zero attached hydrogens (tertiary/aromatic N) is 1. The van der Waals surface area contributed by atoms with Crippen molar-refractivity contribution in [3.63, 3.8) is 0 Å². The van der Waals surface area contributed by atoms with E-state index in [1.807, 2.05) is 0 Å². The lowest BCUT2D eigenvalue weighted by Gasteiger charge is -2.28. The SMILES string of the molecule is O=C1C=CN2C(N1)OC1C(O)=C(CO)O[C@H]12. The molecule has 0 aliphatic carbocycles. The van der Waals surface area contributed by atoms with Crippen molar-refractivity contribution in [1.29, 1.82) is 0 Å². The molecule has 3 atom stereocenters. The molecule has 0 aromatic rings. The molecule has 3 rings (SSSR count). The van der Waals surface area contributed by atoms with E-state index in [0.29, 0.717) is 0 Å². The van der Waals surface area contributed by atoms with Gasteiger partial charge >= 0.3 is 0 Å². The molecule has 0 aromatic carbocycles. The minimum atomic E-state index is -0.671. The minimum Gasteiger partial charge on any atom is -0.506 e. The van der Waals surface area contributed by atoms with Crippen molar-refractivity contribution < 1.29 is 24.5 Å². The van der Waals surface area contributed by atoms with Gasteiger partial charge in [0.25, 0.3) is 0 Å². The van der Waals surface area contributed by atoms with Crippen molar-refractivity contribution in [2.45, 2.75) is 18.7 Å². The van der Waals surface area contributed by atoms with Crippen LogP contribution in [0.25, 0.3) is 0 Å². The predicted octanol–water partition coefficient (Wildman–Crippen LogP) is -1.27. The first-order chi connectivity index (χ1) is 7.70. The number of rotatable bonds is 1.